The third kappa shape index (κ3) is 4.26. The Morgan fingerprint density at radius 1 is 0.967 bits per heavy atom. The molecule has 6 heteroatoms. The van der Waals surface area contributed by atoms with Gasteiger partial charge < -0.3 is 9.47 Å². The van der Waals surface area contributed by atoms with Crippen molar-refractivity contribution in [2.24, 2.45) is 5.41 Å². The van der Waals surface area contributed by atoms with Crippen LogP contribution in [-0.4, -0.2) is 30.9 Å². The topological polar surface area (TPSA) is 69.7 Å². The first-order chi connectivity index (χ1) is 14.2. The predicted octanol–water partition coefficient (Wildman–Crippen LogP) is 5.52. The third-order valence-electron chi connectivity index (χ3n) is 5.11. The van der Waals surface area contributed by atoms with Crippen LogP contribution in [0.5, 0.6) is 0 Å². The van der Waals surface area contributed by atoms with Gasteiger partial charge in [0, 0.05) is 17.0 Å². The Labute approximate surface area is 181 Å². The van der Waals surface area contributed by atoms with Crippen LogP contribution in [0.2, 0.25) is 5.02 Å². The molecular formula is C24H25ClO5. The fraction of sp³-hybridized carbons (Fsp3) is 0.375. The molecule has 30 heavy (non-hydrogen) atoms. The van der Waals surface area contributed by atoms with Gasteiger partial charge in [-0.3, -0.25) is 4.79 Å². The van der Waals surface area contributed by atoms with Gasteiger partial charge in [-0.2, -0.15) is 0 Å². The second kappa shape index (κ2) is 8.60. The van der Waals surface area contributed by atoms with E-state index in [9.17, 15) is 14.4 Å². The smallest absolute Gasteiger partial charge is 0.339 e. The molecule has 0 aliphatic heterocycles. The maximum Gasteiger partial charge on any atom is 0.339 e. The average molecular weight is 429 g/mol. The zero-order valence-electron chi connectivity index (χ0n) is 17.6. The van der Waals surface area contributed by atoms with Crippen molar-refractivity contribution in [2.45, 2.75) is 40.5 Å². The summed E-state index contributed by atoms with van der Waals surface area (Å²) in [5.74, 6) is -1.52. The maximum atomic E-state index is 13.1. The van der Waals surface area contributed by atoms with Crippen LogP contribution >= 0.6 is 11.6 Å². The number of carbonyl (C=O) groups excluding carboxylic acids is 3. The first-order valence-corrected chi connectivity index (χ1v) is 10.4. The van der Waals surface area contributed by atoms with Gasteiger partial charge >= 0.3 is 11.9 Å². The van der Waals surface area contributed by atoms with Crippen molar-refractivity contribution >= 4 is 29.3 Å². The van der Waals surface area contributed by atoms with E-state index in [0.29, 0.717) is 22.6 Å². The molecule has 0 heterocycles. The Balaban J connectivity index is 2.39. The predicted molar refractivity (Wildman–Crippen MR) is 115 cm³/mol. The first kappa shape index (κ1) is 22.0. The normalized spacial score (nSPS) is 14.8. The van der Waals surface area contributed by atoms with Crippen LogP contribution in [-0.2, 0) is 15.9 Å². The zero-order chi connectivity index (χ0) is 22.1. The third-order valence-corrected chi connectivity index (χ3v) is 5.36. The van der Waals surface area contributed by atoms with E-state index >= 15 is 0 Å². The Hall–Kier alpha value is -2.66. The minimum absolute atomic E-state index is 0.00162. The zero-order valence-corrected chi connectivity index (χ0v) is 18.4. The van der Waals surface area contributed by atoms with Gasteiger partial charge in [-0.1, -0.05) is 37.6 Å². The number of hydrogen-bond acceptors (Lipinski definition) is 5. The molecule has 0 fully saturated rings. The number of ketones is 1. The van der Waals surface area contributed by atoms with Gasteiger partial charge in [0.25, 0.3) is 0 Å². The van der Waals surface area contributed by atoms with Gasteiger partial charge in [-0.15, -0.1) is 0 Å². The lowest BCUT2D eigenvalue weighted by Crippen LogP contribution is -2.31. The molecule has 0 atom stereocenters. The molecule has 0 spiro atoms. The van der Waals surface area contributed by atoms with Gasteiger partial charge in [0.1, 0.15) is 0 Å². The molecule has 0 N–H and O–H groups in total. The number of esters is 2. The Morgan fingerprint density at radius 3 is 2.10 bits per heavy atom. The molecular weight excluding hydrogens is 404 g/mol. The summed E-state index contributed by atoms with van der Waals surface area (Å²) in [6.45, 7) is 7.66. The molecule has 5 nitrogen and oxygen atoms in total. The van der Waals surface area contributed by atoms with E-state index < -0.39 is 11.9 Å². The SMILES string of the molecule is CCOC(=O)c1c(-c2ccc(Cl)cc2)cc2c(c1C(=O)OCC)C(=O)CC(C)(C)C2. The number of ether oxygens (including phenoxy) is 2. The highest BCUT2D eigenvalue weighted by Crippen LogP contribution is 2.41. The Bertz CT molecular complexity index is 1010. The molecule has 0 unspecified atom stereocenters. The van der Waals surface area contributed by atoms with E-state index in [1.54, 1.807) is 38.1 Å². The van der Waals surface area contributed by atoms with Crippen molar-refractivity contribution in [2.75, 3.05) is 13.2 Å². The summed E-state index contributed by atoms with van der Waals surface area (Å²) in [5, 5.41) is 0.552. The van der Waals surface area contributed by atoms with Crippen LogP contribution in [0.25, 0.3) is 11.1 Å². The van der Waals surface area contributed by atoms with Gasteiger partial charge in [-0.05, 0) is 60.6 Å². The van der Waals surface area contributed by atoms with Gasteiger partial charge in [0.05, 0.1) is 24.3 Å². The largest absolute Gasteiger partial charge is 0.462 e. The first-order valence-electron chi connectivity index (χ1n) is 10.0. The molecule has 0 saturated carbocycles. The van der Waals surface area contributed by atoms with Gasteiger partial charge in [0.15, 0.2) is 5.78 Å². The molecule has 1 aliphatic rings. The van der Waals surface area contributed by atoms with E-state index in [-0.39, 0.29) is 47.5 Å². The van der Waals surface area contributed by atoms with Crippen molar-refractivity contribution in [3.8, 4) is 11.1 Å². The van der Waals surface area contributed by atoms with E-state index in [4.69, 9.17) is 21.1 Å². The summed E-state index contributed by atoms with van der Waals surface area (Å²) in [6.07, 6.45) is 0.888. The molecule has 3 rings (SSSR count). The molecule has 2 aromatic carbocycles. The average Bonchev–Trinajstić information content (AvgIpc) is 2.66. The minimum atomic E-state index is -0.694. The molecule has 0 amide bonds. The standard InChI is InChI=1S/C24H25ClO5/c1-5-29-22(27)20-17(14-7-9-16(25)10-8-14)11-15-12-24(3,4)13-18(26)19(15)21(20)23(28)30-6-2/h7-11H,5-6,12-13H2,1-4H3. The maximum absolute atomic E-state index is 13.1. The van der Waals surface area contributed by atoms with E-state index in [1.165, 1.54) is 0 Å². The van der Waals surface area contributed by atoms with Crippen LogP contribution in [0.4, 0.5) is 0 Å². The molecule has 0 bridgehead atoms. The van der Waals surface area contributed by atoms with Crippen molar-refractivity contribution in [3.63, 3.8) is 0 Å². The summed E-state index contributed by atoms with van der Waals surface area (Å²) in [7, 11) is 0. The van der Waals surface area contributed by atoms with E-state index in [2.05, 4.69) is 0 Å². The molecule has 0 saturated heterocycles. The second-order valence-electron chi connectivity index (χ2n) is 8.10. The van der Waals surface area contributed by atoms with Crippen LogP contribution in [0.1, 0.15) is 70.8 Å². The van der Waals surface area contributed by atoms with Crippen LogP contribution < -0.4 is 0 Å². The van der Waals surface area contributed by atoms with E-state index in [0.717, 1.165) is 5.56 Å². The summed E-state index contributed by atoms with van der Waals surface area (Å²) in [4.78, 5) is 39.1. The fourth-order valence-electron chi connectivity index (χ4n) is 3.98. The van der Waals surface area contributed by atoms with E-state index in [1.807, 2.05) is 19.9 Å². The summed E-state index contributed by atoms with van der Waals surface area (Å²) < 4.78 is 10.5. The Morgan fingerprint density at radius 2 is 1.53 bits per heavy atom. The molecule has 0 aromatic heterocycles. The number of carbonyl (C=O) groups is 3. The highest BCUT2D eigenvalue weighted by Gasteiger charge is 2.38. The lowest BCUT2D eigenvalue weighted by atomic mass is 9.71. The van der Waals surface area contributed by atoms with Gasteiger partial charge in [-0.25, -0.2) is 9.59 Å². The van der Waals surface area contributed by atoms with Crippen molar-refractivity contribution in [3.05, 3.63) is 57.6 Å². The lowest BCUT2D eigenvalue weighted by molar-refractivity contribution is 0.0477. The summed E-state index contributed by atoms with van der Waals surface area (Å²) >= 11 is 6.04. The van der Waals surface area contributed by atoms with Crippen LogP contribution in [0.15, 0.2) is 30.3 Å². The molecule has 2 aromatic rings. The quantitative estimate of drug-likeness (QED) is 0.587. The van der Waals surface area contributed by atoms with Crippen molar-refractivity contribution in [1.29, 1.82) is 0 Å². The highest BCUT2D eigenvalue weighted by molar-refractivity contribution is 6.30. The number of hydrogen-bond donors (Lipinski definition) is 0. The minimum Gasteiger partial charge on any atom is -0.462 e. The highest BCUT2D eigenvalue weighted by atomic mass is 35.5. The van der Waals surface area contributed by atoms with Crippen LogP contribution in [0.3, 0.4) is 0 Å². The number of fused-ring (bicyclic) bond motifs is 1. The molecule has 158 valence electrons. The number of Topliss-reactive ketones (excluding diaryl/α,β-unsaturated/α-hetero) is 1. The lowest BCUT2D eigenvalue weighted by Gasteiger charge is -2.32. The van der Waals surface area contributed by atoms with Crippen LogP contribution in [0, 0.1) is 5.41 Å². The number of rotatable bonds is 5. The molecule has 0 radical (unpaired) electrons. The second-order valence-corrected chi connectivity index (χ2v) is 8.53. The number of halogens is 1. The van der Waals surface area contributed by atoms with Crippen molar-refractivity contribution in [1.82, 2.24) is 0 Å². The number of benzene rings is 2. The fourth-order valence-corrected chi connectivity index (χ4v) is 4.10. The summed E-state index contributed by atoms with van der Waals surface area (Å²) in [6, 6.07) is 8.80. The van der Waals surface area contributed by atoms with Crippen molar-refractivity contribution < 1.29 is 23.9 Å². The Kier molecular flexibility index (Phi) is 6.32. The van der Waals surface area contributed by atoms with Gasteiger partial charge in [0.2, 0.25) is 0 Å². The molecule has 1 aliphatic carbocycles. The summed E-state index contributed by atoms with van der Waals surface area (Å²) in [5.41, 5.74) is 2.04. The monoisotopic (exact) mass is 428 g/mol.